The zero-order chi connectivity index (χ0) is 14.7. The van der Waals surface area contributed by atoms with Crippen LogP contribution in [-0.2, 0) is 4.74 Å². The van der Waals surface area contributed by atoms with Crippen LogP contribution in [0, 0.1) is 23.0 Å². The number of rotatable bonds is 4. The summed E-state index contributed by atoms with van der Waals surface area (Å²) in [4.78, 5) is 20.3. The molecule has 0 spiro atoms. The lowest BCUT2D eigenvalue weighted by Gasteiger charge is -2.27. The van der Waals surface area contributed by atoms with Gasteiger partial charge >= 0.3 is 5.69 Å². The highest BCUT2D eigenvalue weighted by atomic mass is 35.5. The Morgan fingerprint density at radius 3 is 2.90 bits per heavy atom. The van der Waals surface area contributed by atoms with Crippen molar-refractivity contribution in [3.05, 3.63) is 21.1 Å². The molecule has 1 aromatic heterocycles. The molecule has 1 aromatic rings. The van der Waals surface area contributed by atoms with E-state index in [9.17, 15) is 10.1 Å². The number of halogens is 1. The molecule has 0 bridgehead atoms. The van der Waals surface area contributed by atoms with Crippen LogP contribution >= 0.6 is 11.6 Å². The van der Waals surface area contributed by atoms with E-state index in [1.165, 1.54) is 0 Å². The molecule has 1 aliphatic rings. The minimum absolute atomic E-state index is 0.0230. The third kappa shape index (κ3) is 3.34. The zero-order valence-corrected chi connectivity index (χ0v) is 12.3. The smallest absolute Gasteiger partial charge is 0.332 e. The third-order valence-electron chi connectivity index (χ3n) is 3.34. The first kappa shape index (κ1) is 14.9. The van der Waals surface area contributed by atoms with Crippen molar-refractivity contribution in [3.8, 4) is 0 Å². The van der Waals surface area contributed by atoms with Gasteiger partial charge in [0.2, 0.25) is 11.1 Å². The SMILES string of the molecule is Cc1nc(Cl)nc(N(C)CC2CCCOC2)c1[N+](=O)[O-]. The number of hydrogen-bond acceptors (Lipinski definition) is 6. The Morgan fingerprint density at radius 1 is 1.55 bits per heavy atom. The van der Waals surface area contributed by atoms with Gasteiger partial charge in [0, 0.05) is 20.2 Å². The van der Waals surface area contributed by atoms with Crippen molar-refractivity contribution < 1.29 is 9.66 Å². The van der Waals surface area contributed by atoms with E-state index in [-0.39, 0.29) is 22.5 Å². The molecule has 1 atom stereocenters. The van der Waals surface area contributed by atoms with Gasteiger partial charge in [0.25, 0.3) is 0 Å². The van der Waals surface area contributed by atoms with Crippen LogP contribution in [0.5, 0.6) is 0 Å². The van der Waals surface area contributed by atoms with E-state index in [0.717, 1.165) is 19.4 Å². The second-order valence-electron chi connectivity index (χ2n) is 4.97. The Bertz CT molecular complexity index is 506. The monoisotopic (exact) mass is 300 g/mol. The van der Waals surface area contributed by atoms with Crippen LogP contribution < -0.4 is 4.90 Å². The summed E-state index contributed by atoms with van der Waals surface area (Å²) in [5.74, 6) is 0.612. The first-order valence-corrected chi connectivity index (χ1v) is 6.84. The van der Waals surface area contributed by atoms with Gasteiger partial charge in [-0.15, -0.1) is 0 Å². The standard InChI is InChI=1S/C12H17ClN4O3/c1-8-10(17(18)19)11(15-12(13)14-8)16(2)6-9-4-3-5-20-7-9/h9H,3-7H2,1-2H3. The van der Waals surface area contributed by atoms with Gasteiger partial charge < -0.3 is 9.64 Å². The molecule has 1 fully saturated rings. The molecule has 0 radical (unpaired) electrons. The van der Waals surface area contributed by atoms with Gasteiger partial charge in [-0.1, -0.05) is 0 Å². The fraction of sp³-hybridized carbons (Fsp3) is 0.667. The molecule has 0 N–H and O–H groups in total. The zero-order valence-electron chi connectivity index (χ0n) is 11.5. The molecule has 1 unspecified atom stereocenters. The summed E-state index contributed by atoms with van der Waals surface area (Å²) in [7, 11) is 1.78. The maximum Gasteiger partial charge on any atom is 0.332 e. The quantitative estimate of drug-likeness (QED) is 0.482. The van der Waals surface area contributed by atoms with Crippen LogP contribution in [0.3, 0.4) is 0 Å². The van der Waals surface area contributed by atoms with Gasteiger partial charge in [-0.2, -0.15) is 4.98 Å². The average Bonchev–Trinajstić information content (AvgIpc) is 2.38. The van der Waals surface area contributed by atoms with Crippen LogP contribution in [0.25, 0.3) is 0 Å². The molecule has 1 saturated heterocycles. The molecule has 2 heterocycles. The van der Waals surface area contributed by atoms with E-state index in [2.05, 4.69) is 9.97 Å². The van der Waals surface area contributed by atoms with Crippen LogP contribution in [0.15, 0.2) is 0 Å². The predicted octanol–water partition coefficient (Wildman–Crippen LogP) is 2.21. The Balaban J connectivity index is 2.23. The molecular weight excluding hydrogens is 284 g/mol. The van der Waals surface area contributed by atoms with Gasteiger partial charge in [-0.3, -0.25) is 10.1 Å². The van der Waals surface area contributed by atoms with E-state index in [0.29, 0.717) is 19.1 Å². The lowest BCUT2D eigenvalue weighted by Crippen LogP contribution is -2.32. The summed E-state index contributed by atoms with van der Waals surface area (Å²) in [5.41, 5.74) is 0.186. The van der Waals surface area contributed by atoms with Crippen molar-refractivity contribution in [1.29, 1.82) is 0 Å². The van der Waals surface area contributed by atoms with Crippen molar-refractivity contribution in [1.82, 2.24) is 9.97 Å². The Morgan fingerprint density at radius 2 is 2.30 bits per heavy atom. The fourth-order valence-electron chi connectivity index (χ4n) is 2.42. The van der Waals surface area contributed by atoms with E-state index in [4.69, 9.17) is 16.3 Å². The number of anilines is 1. The van der Waals surface area contributed by atoms with Gasteiger partial charge in [0.05, 0.1) is 11.5 Å². The van der Waals surface area contributed by atoms with Gasteiger partial charge in [-0.05, 0) is 37.3 Å². The lowest BCUT2D eigenvalue weighted by atomic mass is 10.0. The molecule has 0 saturated carbocycles. The van der Waals surface area contributed by atoms with E-state index < -0.39 is 4.92 Å². The molecule has 0 aliphatic carbocycles. The topological polar surface area (TPSA) is 81.4 Å². The minimum Gasteiger partial charge on any atom is -0.381 e. The van der Waals surface area contributed by atoms with Gasteiger partial charge in [0.1, 0.15) is 5.69 Å². The Kier molecular flexibility index (Phi) is 4.72. The van der Waals surface area contributed by atoms with Crippen molar-refractivity contribution in [2.24, 2.45) is 5.92 Å². The predicted molar refractivity (Wildman–Crippen MR) is 75.2 cm³/mol. The maximum atomic E-state index is 11.2. The van der Waals surface area contributed by atoms with E-state index in [1.54, 1.807) is 18.9 Å². The molecular formula is C12H17ClN4O3. The van der Waals surface area contributed by atoms with Crippen LogP contribution in [0.1, 0.15) is 18.5 Å². The summed E-state index contributed by atoms with van der Waals surface area (Å²) in [5, 5.41) is 11.2. The van der Waals surface area contributed by atoms with Crippen LogP contribution in [0.4, 0.5) is 11.5 Å². The first-order chi connectivity index (χ1) is 9.49. The van der Waals surface area contributed by atoms with Crippen molar-refractivity contribution in [2.45, 2.75) is 19.8 Å². The molecule has 110 valence electrons. The summed E-state index contributed by atoms with van der Waals surface area (Å²) in [6, 6.07) is 0. The van der Waals surface area contributed by atoms with Crippen LogP contribution in [-0.4, -0.2) is 41.7 Å². The maximum absolute atomic E-state index is 11.2. The number of aryl methyl sites for hydroxylation is 1. The van der Waals surface area contributed by atoms with Crippen molar-refractivity contribution in [3.63, 3.8) is 0 Å². The fourth-order valence-corrected chi connectivity index (χ4v) is 2.63. The highest BCUT2D eigenvalue weighted by Gasteiger charge is 2.26. The largest absolute Gasteiger partial charge is 0.381 e. The lowest BCUT2D eigenvalue weighted by molar-refractivity contribution is -0.385. The number of aromatic nitrogens is 2. The van der Waals surface area contributed by atoms with E-state index in [1.807, 2.05) is 0 Å². The molecule has 8 heteroatoms. The highest BCUT2D eigenvalue weighted by molar-refractivity contribution is 6.28. The number of nitrogens with zero attached hydrogens (tertiary/aromatic N) is 4. The molecule has 7 nitrogen and oxygen atoms in total. The van der Waals surface area contributed by atoms with Gasteiger partial charge in [0.15, 0.2) is 0 Å². The van der Waals surface area contributed by atoms with Crippen LogP contribution in [0.2, 0.25) is 5.28 Å². The second-order valence-corrected chi connectivity index (χ2v) is 5.31. The minimum atomic E-state index is -0.463. The third-order valence-corrected chi connectivity index (χ3v) is 3.51. The summed E-state index contributed by atoms with van der Waals surface area (Å²) < 4.78 is 5.42. The highest BCUT2D eigenvalue weighted by Crippen LogP contribution is 2.30. The Labute approximate surface area is 122 Å². The summed E-state index contributed by atoms with van der Waals surface area (Å²) >= 11 is 5.82. The number of hydrogen-bond donors (Lipinski definition) is 0. The molecule has 0 amide bonds. The second kappa shape index (κ2) is 6.32. The summed E-state index contributed by atoms with van der Waals surface area (Å²) in [6.07, 6.45) is 2.07. The number of ether oxygens (including phenoxy) is 1. The van der Waals surface area contributed by atoms with Crippen molar-refractivity contribution >= 4 is 23.1 Å². The molecule has 20 heavy (non-hydrogen) atoms. The van der Waals surface area contributed by atoms with Crippen molar-refractivity contribution in [2.75, 3.05) is 31.7 Å². The Hall–Kier alpha value is -1.47. The molecule has 1 aliphatic heterocycles. The molecule has 0 aromatic carbocycles. The molecule has 2 rings (SSSR count). The van der Waals surface area contributed by atoms with E-state index >= 15 is 0 Å². The van der Waals surface area contributed by atoms with Gasteiger partial charge in [-0.25, -0.2) is 4.98 Å². The average molecular weight is 301 g/mol. The first-order valence-electron chi connectivity index (χ1n) is 6.46. The normalized spacial score (nSPS) is 18.9. The number of nitro groups is 1. The summed E-state index contributed by atoms with van der Waals surface area (Å²) in [6.45, 7) is 3.68.